The number of carbonyl (C=O) groups is 2. The fraction of sp³-hybridized carbons (Fsp3) is 0.684. The smallest absolute Gasteiger partial charge is 0.321 e. The van der Waals surface area contributed by atoms with Gasteiger partial charge in [0.1, 0.15) is 6.04 Å². The van der Waals surface area contributed by atoms with Gasteiger partial charge in [-0.3, -0.25) is 10.1 Å². The van der Waals surface area contributed by atoms with Crippen LogP contribution in [0.15, 0.2) is 11.4 Å². The molecule has 2 aliphatic carbocycles. The zero-order valence-electron chi connectivity index (χ0n) is 14.7. The molecular formula is C19H28N3O2S+. The van der Waals surface area contributed by atoms with Gasteiger partial charge in [-0.1, -0.05) is 19.3 Å². The lowest BCUT2D eigenvalue weighted by molar-refractivity contribution is -0.928. The first-order chi connectivity index (χ1) is 12.2. The van der Waals surface area contributed by atoms with Crippen molar-refractivity contribution < 1.29 is 14.5 Å². The minimum atomic E-state index is -0.312. The summed E-state index contributed by atoms with van der Waals surface area (Å²) in [6.45, 7) is 1.39. The van der Waals surface area contributed by atoms with Crippen molar-refractivity contribution >= 4 is 23.3 Å². The van der Waals surface area contributed by atoms with E-state index < -0.39 is 0 Å². The fourth-order valence-electron chi connectivity index (χ4n) is 4.54. The Kier molecular flexibility index (Phi) is 5.08. The topological polar surface area (TPSA) is 62.6 Å². The van der Waals surface area contributed by atoms with E-state index in [2.05, 4.69) is 22.1 Å². The zero-order valence-corrected chi connectivity index (χ0v) is 15.5. The molecule has 4 rings (SSSR count). The molecule has 0 spiro atoms. The highest BCUT2D eigenvalue weighted by Crippen LogP contribution is 2.42. The molecular weight excluding hydrogens is 334 g/mol. The molecule has 0 saturated heterocycles. The van der Waals surface area contributed by atoms with E-state index in [-0.39, 0.29) is 18.0 Å². The predicted octanol–water partition coefficient (Wildman–Crippen LogP) is 1.80. The average Bonchev–Trinajstić information content (AvgIpc) is 3.31. The Morgan fingerprint density at radius 1 is 1.16 bits per heavy atom. The van der Waals surface area contributed by atoms with Crippen molar-refractivity contribution in [3.63, 3.8) is 0 Å². The maximum absolute atomic E-state index is 12.4. The quantitative estimate of drug-likeness (QED) is 0.765. The molecule has 1 aromatic heterocycles. The van der Waals surface area contributed by atoms with Gasteiger partial charge in [0.2, 0.25) is 0 Å². The fourth-order valence-corrected chi connectivity index (χ4v) is 5.47. The van der Waals surface area contributed by atoms with Crippen LogP contribution in [0.1, 0.15) is 61.4 Å². The first kappa shape index (κ1) is 17.0. The molecule has 0 aromatic carbocycles. The lowest BCUT2D eigenvalue weighted by atomic mass is 9.96. The maximum atomic E-state index is 12.4. The van der Waals surface area contributed by atoms with E-state index in [0.717, 1.165) is 25.8 Å². The van der Waals surface area contributed by atoms with Crippen molar-refractivity contribution in [1.82, 2.24) is 10.6 Å². The van der Waals surface area contributed by atoms with Crippen LogP contribution >= 0.6 is 11.3 Å². The number of carbonyl (C=O) groups excluding carboxylic acids is 2. The van der Waals surface area contributed by atoms with E-state index in [1.54, 1.807) is 0 Å². The Labute approximate surface area is 153 Å². The number of hydrogen-bond donors (Lipinski definition) is 3. The van der Waals surface area contributed by atoms with Crippen LogP contribution in [0.5, 0.6) is 0 Å². The normalized spacial score (nSPS) is 26.7. The maximum Gasteiger partial charge on any atom is 0.321 e. The van der Waals surface area contributed by atoms with Crippen LogP contribution in [0.2, 0.25) is 0 Å². The number of nitrogens with one attached hydrogen (secondary N) is 3. The average molecular weight is 363 g/mol. The van der Waals surface area contributed by atoms with Crippen LogP contribution in [0, 0.1) is 5.92 Å². The number of rotatable bonds is 4. The molecule has 2 fully saturated rings. The predicted molar refractivity (Wildman–Crippen MR) is 97.7 cm³/mol. The van der Waals surface area contributed by atoms with Crippen molar-refractivity contribution in [2.24, 2.45) is 5.92 Å². The number of fused-ring (bicyclic) bond motifs is 1. The first-order valence-corrected chi connectivity index (χ1v) is 10.6. The molecule has 1 unspecified atom stereocenters. The lowest BCUT2D eigenvalue weighted by Gasteiger charge is -2.32. The van der Waals surface area contributed by atoms with Crippen molar-refractivity contribution in [2.45, 2.75) is 63.5 Å². The van der Waals surface area contributed by atoms with Crippen LogP contribution in [-0.2, 0) is 11.2 Å². The molecule has 3 N–H and O–H groups in total. The van der Waals surface area contributed by atoms with Crippen LogP contribution in [0.3, 0.4) is 0 Å². The summed E-state index contributed by atoms with van der Waals surface area (Å²) in [4.78, 5) is 27.3. The van der Waals surface area contributed by atoms with Crippen LogP contribution < -0.4 is 15.5 Å². The van der Waals surface area contributed by atoms with Gasteiger partial charge in [0.25, 0.3) is 5.91 Å². The minimum absolute atomic E-state index is 0.146. The molecule has 0 bridgehead atoms. The van der Waals surface area contributed by atoms with Crippen molar-refractivity contribution in [3.05, 3.63) is 21.9 Å². The van der Waals surface area contributed by atoms with Crippen molar-refractivity contribution in [2.75, 3.05) is 13.1 Å². The summed E-state index contributed by atoms with van der Waals surface area (Å²) in [6.07, 6.45) is 9.25. The number of imide groups is 1. The Morgan fingerprint density at radius 3 is 2.72 bits per heavy atom. The molecule has 5 nitrogen and oxygen atoms in total. The Balaban J connectivity index is 1.32. The van der Waals surface area contributed by atoms with Gasteiger partial charge >= 0.3 is 6.03 Å². The molecule has 3 aliphatic rings. The first-order valence-electron chi connectivity index (χ1n) is 9.72. The van der Waals surface area contributed by atoms with Gasteiger partial charge in [-0.15, -0.1) is 11.3 Å². The summed E-state index contributed by atoms with van der Waals surface area (Å²) in [5, 5.41) is 7.71. The molecule has 1 aliphatic heterocycles. The lowest BCUT2D eigenvalue weighted by Crippen LogP contribution is -3.14. The number of amides is 3. The van der Waals surface area contributed by atoms with E-state index in [4.69, 9.17) is 0 Å². The Hall–Kier alpha value is -1.40. The second-order valence-corrected chi connectivity index (χ2v) is 8.81. The summed E-state index contributed by atoms with van der Waals surface area (Å²) in [7, 11) is 0. The van der Waals surface area contributed by atoms with Crippen LogP contribution in [0.4, 0.5) is 4.79 Å². The summed E-state index contributed by atoms with van der Waals surface area (Å²) < 4.78 is 0. The van der Waals surface area contributed by atoms with Gasteiger partial charge in [-0.05, 0) is 37.1 Å². The third kappa shape index (κ3) is 4.06. The van der Waals surface area contributed by atoms with E-state index in [1.165, 1.54) is 47.4 Å². The third-order valence-corrected chi connectivity index (χ3v) is 6.90. The van der Waals surface area contributed by atoms with Gasteiger partial charge in [0.15, 0.2) is 6.54 Å². The van der Waals surface area contributed by atoms with E-state index in [0.29, 0.717) is 18.5 Å². The van der Waals surface area contributed by atoms with E-state index in [9.17, 15) is 9.59 Å². The van der Waals surface area contributed by atoms with Gasteiger partial charge in [0, 0.05) is 28.8 Å². The van der Waals surface area contributed by atoms with E-state index in [1.807, 2.05) is 11.3 Å². The molecule has 2 atom stereocenters. The molecule has 0 radical (unpaired) electrons. The molecule has 6 heteroatoms. The second kappa shape index (κ2) is 7.46. The minimum Gasteiger partial charge on any atom is -0.335 e. The van der Waals surface area contributed by atoms with Crippen molar-refractivity contribution in [3.8, 4) is 0 Å². The van der Waals surface area contributed by atoms with Crippen LogP contribution in [-0.4, -0.2) is 31.1 Å². The molecule has 2 saturated carbocycles. The Bertz CT molecular complexity index is 634. The molecule has 25 heavy (non-hydrogen) atoms. The zero-order chi connectivity index (χ0) is 17.2. The van der Waals surface area contributed by atoms with Gasteiger partial charge in [-0.25, -0.2) is 4.79 Å². The molecule has 1 aromatic rings. The largest absolute Gasteiger partial charge is 0.335 e. The SMILES string of the molecule is O=C(C[NH+]1CCc2sccc2[C@H]1C1CC1)NC(=O)NC1CCCCC1. The monoisotopic (exact) mass is 362 g/mol. The number of urea groups is 1. The standard InChI is InChI=1S/C19H27N3O2S/c23-17(21-19(24)20-14-4-2-1-3-5-14)12-22-10-8-16-15(9-11-25-16)18(22)13-6-7-13/h9,11,13-14,18H,1-8,10,12H2,(H2,20,21,23,24)/p+1/t18-/m1/s1. The third-order valence-electron chi connectivity index (χ3n) is 5.90. The Morgan fingerprint density at radius 2 is 1.96 bits per heavy atom. The highest BCUT2D eigenvalue weighted by Gasteiger charge is 2.43. The van der Waals surface area contributed by atoms with Crippen molar-refractivity contribution in [1.29, 1.82) is 0 Å². The highest BCUT2D eigenvalue weighted by molar-refractivity contribution is 7.10. The molecule has 136 valence electrons. The number of quaternary nitrogens is 1. The summed E-state index contributed by atoms with van der Waals surface area (Å²) in [5.74, 6) is 0.570. The number of hydrogen-bond acceptors (Lipinski definition) is 3. The van der Waals surface area contributed by atoms with Gasteiger partial charge in [0.05, 0.1) is 6.54 Å². The van der Waals surface area contributed by atoms with Gasteiger partial charge < -0.3 is 10.2 Å². The number of thiophene rings is 1. The van der Waals surface area contributed by atoms with Gasteiger partial charge in [-0.2, -0.15) is 0 Å². The van der Waals surface area contributed by atoms with E-state index >= 15 is 0 Å². The summed E-state index contributed by atoms with van der Waals surface area (Å²) >= 11 is 1.85. The second-order valence-electron chi connectivity index (χ2n) is 7.81. The summed E-state index contributed by atoms with van der Waals surface area (Å²) in [5.41, 5.74) is 1.45. The molecule has 3 amide bonds. The van der Waals surface area contributed by atoms with Crippen LogP contribution in [0.25, 0.3) is 0 Å². The highest BCUT2D eigenvalue weighted by atomic mass is 32.1. The molecule has 2 heterocycles. The summed E-state index contributed by atoms with van der Waals surface area (Å²) in [6, 6.07) is 2.61.